The van der Waals surface area contributed by atoms with Gasteiger partial charge in [0.15, 0.2) is 0 Å². The Balaban J connectivity index is 2.35. The molecule has 2 aromatic rings. The maximum absolute atomic E-state index is 6.46. The van der Waals surface area contributed by atoms with Crippen LogP contribution in [-0.4, -0.2) is 6.54 Å². The van der Waals surface area contributed by atoms with Crippen LogP contribution in [0.1, 0.15) is 47.2 Å². The zero-order valence-electron chi connectivity index (χ0n) is 12.4. The van der Waals surface area contributed by atoms with Crippen molar-refractivity contribution in [3.8, 4) is 0 Å². The van der Waals surface area contributed by atoms with Crippen LogP contribution < -0.4 is 5.32 Å². The van der Waals surface area contributed by atoms with Gasteiger partial charge in [0.25, 0.3) is 0 Å². The second-order valence-corrected chi connectivity index (χ2v) is 6.68. The monoisotopic (exact) mass is 307 g/mol. The van der Waals surface area contributed by atoms with Crippen molar-refractivity contribution in [3.05, 3.63) is 56.2 Å². The van der Waals surface area contributed by atoms with Gasteiger partial charge >= 0.3 is 0 Å². The van der Waals surface area contributed by atoms with Crippen molar-refractivity contribution < 1.29 is 0 Å². The molecule has 1 N–H and O–H groups in total. The summed E-state index contributed by atoms with van der Waals surface area (Å²) in [4.78, 5) is 2.77. The Morgan fingerprint density at radius 2 is 2.00 bits per heavy atom. The number of thiophene rings is 1. The van der Waals surface area contributed by atoms with Gasteiger partial charge in [0.2, 0.25) is 0 Å². The minimum atomic E-state index is 0.202. The molecule has 1 aromatic carbocycles. The summed E-state index contributed by atoms with van der Waals surface area (Å²) in [5.74, 6) is 0. The van der Waals surface area contributed by atoms with E-state index in [9.17, 15) is 0 Å². The van der Waals surface area contributed by atoms with Crippen LogP contribution in [-0.2, 0) is 6.42 Å². The molecule has 1 nitrogen and oxygen atoms in total. The maximum Gasteiger partial charge on any atom is 0.0685 e. The molecule has 0 saturated carbocycles. The first-order valence-electron chi connectivity index (χ1n) is 7.23. The highest BCUT2D eigenvalue weighted by molar-refractivity contribution is 7.12. The van der Waals surface area contributed by atoms with Gasteiger partial charge in [0.1, 0.15) is 0 Å². The average Bonchev–Trinajstić information content (AvgIpc) is 2.90. The van der Waals surface area contributed by atoms with Gasteiger partial charge in [-0.2, -0.15) is 0 Å². The van der Waals surface area contributed by atoms with Gasteiger partial charge in [0.05, 0.1) is 6.04 Å². The lowest BCUT2D eigenvalue weighted by Gasteiger charge is -2.19. The molecule has 0 radical (unpaired) electrons. The number of aryl methyl sites for hydroxylation is 2. The van der Waals surface area contributed by atoms with Crippen LogP contribution in [0.4, 0.5) is 0 Å². The molecule has 0 bridgehead atoms. The highest BCUT2D eigenvalue weighted by atomic mass is 35.5. The summed E-state index contributed by atoms with van der Waals surface area (Å²) in [7, 11) is 0. The smallest absolute Gasteiger partial charge is 0.0685 e. The van der Waals surface area contributed by atoms with Gasteiger partial charge in [-0.3, -0.25) is 0 Å². The van der Waals surface area contributed by atoms with E-state index in [2.05, 4.69) is 50.4 Å². The van der Waals surface area contributed by atoms with Gasteiger partial charge in [-0.15, -0.1) is 11.3 Å². The van der Waals surface area contributed by atoms with Gasteiger partial charge in [-0.1, -0.05) is 37.6 Å². The first-order valence-corrected chi connectivity index (χ1v) is 8.43. The molecule has 1 aromatic heterocycles. The van der Waals surface area contributed by atoms with E-state index >= 15 is 0 Å². The van der Waals surface area contributed by atoms with Crippen LogP contribution in [0.2, 0.25) is 5.02 Å². The van der Waals surface area contributed by atoms with Crippen molar-refractivity contribution in [2.75, 3.05) is 6.54 Å². The Morgan fingerprint density at radius 1 is 1.20 bits per heavy atom. The lowest BCUT2D eigenvalue weighted by Crippen LogP contribution is -2.22. The van der Waals surface area contributed by atoms with Crippen molar-refractivity contribution in [2.45, 2.75) is 39.7 Å². The lowest BCUT2D eigenvalue weighted by atomic mass is 10.0. The van der Waals surface area contributed by atoms with E-state index in [0.717, 1.165) is 24.4 Å². The summed E-state index contributed by atoms with van der Waals surface area (Å²) in [6, 6.07) is 11.0. The van der Waals surface area contributed by atoms with Gasteiger partial charge in [0, 0.05) is 14.8 Å². The van der Waals surface area contributed by atoms with E-state index in [1.807, 2.05) is 17.4 Å². The van der Waals surface area contributed by atoms with Crippen LogP contribution in [0, 0.1) is 6.92 Å². The summed E-state index contributed by atoms with van der Waals surface area (Å²) in [6.45, 7) is 7.45. The first kappa shape index (κ1) is 15.6. The minimum absolute atomic E-state index is 0.202. The van der Waals surface area contributed by atoms with Crippen molar-refractivity contribution >= 4 is 22.9 Å². The van der Waals surface area contributed by atoms with Crippen molar-refractivity contribution in [2.24, 2.45) is 0 Å². The molecule has 1 heterocycles. The van der Waals surface area contributed by atoms with Crippen LogP contribution in [0.25, 0.3) is 0 Å². The molecule has 108 valence electrons. The third-order valence-corrected chi connectivity index (χ3v) is 5.00. The zero-order chi connectivity index (χ0) is 14.5. The Labute approximate surface area is 131 Å². The molecule has 1 atom stereocenters. The molecule has 0 aliphatic rings. The fourth-order valence-corrected chi connectivity index (χ4v) is 3.65. The highest BCUT2D eigenvalue weighted by Crippen LogP contribution is 2.33. The third-order valence-electron chi connectivity index (χ3n) is 3.38. The molecule has 3 heteroatoms. The number of nitrogens with one attached hydrogen (secondary N) is 1. The Morgan fingerprint density at radius 3 is 2.60 bits per heavy atom. The molecule has 0 aliphatic heterocycles. The molecular weight excluding hydrogens is 286 g/mol. The van der Waals surface area contributed by atoms with Crippen molar-refractivity contribution in [1.29, 1.82) is 0 Å². The predicted molar refractivity (Wildman–Crippen MR) is 90.0 cm³/mol. The van der Waals surface area contributed by atoms with E-state index in [1.54, 1.807) is 0 Å². The summed E-state index contributed by atoms with van der Waals surface area (Å²) in [6.07, 6.45) is 2.21. The van der Waals surface area contributed by atoms with E-state index in [4.69, 9.17) is 11.6 Å². The van der Waals surface area contributed by atoms with E-state index in [-0.39, 0.29) is 6.04 Å². The number of halogens is 1. The van der Waals surface area contributed by atoms with E-state index in [1.165, 1.54) is 20.9 Å². The van der Waals surface area contributed by atoms with Gasteiger partial charge in [-0.05, 0) is 55.6 Å². The lowest BCUT2D eigenvalue weighted by molar-refractivity contribution is 0.606. The summed E-state index contributed by atoms with van der Waals surface area (Å²) < 4.78 is 0. The molecule has 0 aliphatic carbocycles. The molecular formula is C17H22ClNS. The fraction of sp³-hybridized carbons (Fsp3) is 0.412. The number of hydrogen-bond acceptors (Lipinski definition) is 2. The molecule has 0 spiro atoms. The molecule has 20 heavy (non-hydrogen) atoms. The van der Waals surface area contributed by atoms with E-state index < -0.39 is 0 Å². The molecule has 0 amide bonds. The highest BCUT2D eigenvalue weighted by Gasteiger charge is 2.18. The number of hydrogen-bond donors (Lipinski definition) is 1. The number of rotatable bonds is 6. The second-order valence-electron chi connectivity index (χ2n) is 5.07. The zero-order valence-corrected chi connectivity index (χ0v) is 13.9. The number of benzene rings is 1. The normalized spacial score (nSPS) is 12.6. The van der Waals surface area contributed by atoms with Crippen LogP contribution in [0.3, 0.4) is 0 Å². The average molecular weight is 308 g/mol. The van der Waals surface area contributed by atoms with Crippen LogP contribution in [0.15, 0.2) is 30.3 Å². The second kappa shape index (κ2) is 7.26. The minimum Gasteiger partial charge on any atom is -0.306 e. The summed E-state index contributed by atoms with van der Waals surface area (Å²) >= 11 is 8.34. The molecule has 2 rings (SSSR count). The summed E-state index contributed by atoms with van der Waals surface area (Å²) in [5.41, 5.74) is 2.38. The Bertz CT molecular complexity index is 562. The SMILES string of the molecule is CCCNC(c1ccc(CC)s1)c1ccc(C)cc1Cl. The summed E-state index contributed by atoms with van der Waals surface area (Å²) in [5, 5.41) is 4.48. The van der Waals surface area contributed by atoms with Crippen molar-refractivity contribution in [3.63, 3.8) is 0 Å². The third kappa shape index (κ3) is 3.63. The Kier molecular flexibility index (Phi) is 5.64. The topological polar surface area (TPSA) is 12.0 Å². The van der Waals surface area contributed by atoms with Gasteiger partial charge < -0.3 is 5.32 Å². The van der Waals surface area contributed by atoms with Crippen molar-refractivity contribution in [1.82, 2.24) is 5.32 Å². The fourth-order valence-electron chi connectivity index (χ4n) is 2.26. The predicted octanol–water partition coefficient (Wildman–Crippen LogP) is 5.36. The maximum atomic E-state index is 6.46. The Hall–Kier alpha value is -0.830. The molecule has 0 fully saturated rings. The molecule has 1 unspecified atom stereocenters. The van der Waals surface area contributed by atoms with E-state index in [0.29, 0.717) is 0 Å². The standard InChI is InChI=1S/C17H22ClNS/c1-4-10-19-17(16-9-7-13(5-2)20-16)14-8-6-12(3)11-15(14)18/h6-9,11,17,19H,4-5,10H2,1-3H3. The largest absolute Gasteiger partial charge is 0.306 e. The first-order chi connectivity index (χ1) is 9.65. The quantitative estimate of drug-likeness (QED) is 0.757. The van der Waals surface area contributed by atoms with Crippen LogP contribution in [0.5, 0.6) is 0 Å². The van der Waals surface area contributed by atoms with Gasteiger partial charge in [-0.25, -0.2) is 0 Å². The van der Waals surface area contributed by atoms with Crippen LogP contribution >= 0.6 is 22.9 Å². The molecule has 0 saturated heterocycles.